The number of para-hydroxylation sites is 1. The van der Waals surface area contributed by atoms with E-state index in [1.54, 1.807) is 6.20 Å². The molecule has 3 N–H and O–H groups in total. The summed E-state index contributed by atoms with van der Waals surface area (Å²) in [4.78, 5) is 19.5. The molecular weight excluding hydrogens is 735 g/mol. The van der Waals surface area contributed by atoms with E-state index >= 15 is 0 Å². The molecular formula is C36H45BrClN10OP. The number of aryl methyl sites for hydroxylation is 1. The topological polar surface area (TPSA) is 108 Å². The van der Waals surface area contributed by atoms with Gasteiger partial charge in [-0.3, -0.25) is 14.6 Å². The van der Waals surface area contributed by atoms with Gasteiger partial charge in [-0.05, 0) is 61.2 Å². The standard InChI is InChI=1S/C36H44BrN10OP.ClH/c1-5-48-33-19-32(47-14-10-25(11-15-47)46-16-12-38-13-17-46)27(24-20-41-45(2)23-24)18-30(33)43-36-40-21-28(37)35(44-36)42-31-22-39-29-9-7-6-8-26(29)34(31)49(3)4;/h6-9,18-23,25,38H,5,10-17H2,1-4H3,(H2,40,42,43,44);1H. The Morgan fingerprint density at radius 3 is 2.48 bits per heavy atom. The van der Waals surface area contributed by atoms with Crippen LogP contribution in [0.3, 0.4) is 0 Å². The predicted octanol–water partition coefficient (Wildman–Crippen LogP) is 6.74. The summed E-state index contributed by atoms with van der Waals surface area (Å²) in [5.41, 5.74) is 6.04. The van der Waals surface area contributed by atoms with Gasteiger partial charge in [-0.2, -0.15) is 10.1 Å². The minimum absolute atomic E-state index is 0. The van der Waals surface area contributed by atoms with Crippen LogP contribution in [0.15, 0.2) is 65.7 Å². The van der Waals surface area contributed by atoms with Gasteiger partial charge in [0.05, 0.1) is 40.4 Å². The van der Waals surface area contributed by atoms with Gasteiger partial charge in [-0.15, -0.1) is 12.4 Å². The second-order valence-corrected chi connectivity index (χ2v) is 15.9. The molecule has 264 valence electrons. The van der Waals surface area contributed by atoms with Gasteiger partial charge in [0.25, 0.3) is 0 Å². The Bertz CT molecular complexity index is 1930. The van der Waals surface area contributed by atoms with Crippen molar-refractivity contribution >= 4 is 81.3 Å². The largest absolute Gasteiger partial charge is 0.492 e. The van der Waals surface area contributed by atoms with Crippen molar-refractivity contribution in [3.8, 4) is 16.9 Å². The lowest BCUT2D eigenvalue weighted by Gasteiger charge is -2.41. The number of piperazine rings is 1. The first-order chi connectivity index (χ1) is 23.9. The Morgan fingerprint density at radius 2 is 1.76 bits per heavy atom. The minimum Gasteiger partial charge on any atom is -0.492 e. The smallest absolute Gasteiger partial charge is 0.229 e. The van der Waals surface area contributed by atoms with Gasteiger partial charge in [0.2, 0.25) is 5.95 Å². The van der Waals surface area contributed by atoms with Gasteiger partial charge in [-0.1, -0.05) is 26.1 Å². The monoisotopic (exact) mass is 778 g/mol. The molecule has 7 rings (SSSR count). The molecule has 2 aliphatic rings. The van der Waals surface area contributed by atoms with E-state index in [1.807, 2.05) is 37.1 Å². The van der Waals surface area contributed by atoms with E-state index in [2.05, 4.69) is 102 Å². The van der Waals surface area contributed by atoms with Crippen molar-refractivity contribution in [2.75, 3.05) is 74.7 Å². The highest BCUT2D eigenvalue weighted by atomic mass is 79.9. The van der Waals surface area contributed by atoms with E-state index < -0.39 is 7.92 Å². The maximum Gasteiger partial charge on any atom is 0.229 e. The molecule has 3 aromatic heterocycles. The molecule has 0 amide bonds. The number of anilines is 5. The van der Waals surface area contributed by atoms with Crippen LogP contribution in [0.4, 0.5) is 28.8 Å². The molecule has 5 heterocycles. The number of nitrogens with zero attached hydrogens (tertiary/aromatic N) is 7. The minimum atomic E-state index is -0.426. The van der Waals surface area contributed by atoms with Gasteiger partial charge in [0.1, 0.15) is 11.6 Å². The summed E-state index contributed by atoms with van der Waals surface area (Å²) < 4.78 is 8.88. The molecule has 0 spiro atoms. The van der Waals surface area contributed by atoms with Crippen molar-refractivity contribution in [1.82, 2.24) is 34.9 Å². The number of pyridine rings is 1. The molecule has 2 saturated heterocycles. The zero-order valence-corrected chi connectivity index (χ0v) is 32.3. The van der Waals surface area contributed by atoms with E-state index in [9.17, 15) is 0 Å². The molecule has 2 aromatic carbocycles. The quantitative estimate of drug-likeness (QED) is 0.132. The number of aromatic nitrogens is 5. The van der Waals surface area contributed by atoms with E-state index in [0.29, 0.717) is 24.4 Å². The first kappa shape index (κ1) is 36.3. The van der Waals surface area contributed by atoms with Crippen LogP contribution in [0.5, 0.6) is 5.75 Å². The van der Waals surface area contributed by atoms with Gasteiger partial charge >= 0.3 is 0 Å². The van der Waals surface area contributed by atoms with Gasteiger partial charge < -0.3 is 25.6 Å². The lowest BCUT2D eigenvalue weighted by atomic mass is 9.98. The Hall–Kier alpha value is -3.54. The molecule has 0 aliphatic carbocycles. The number of nitrogens with one attached hydrogen (secondary N) is 3. The van der Waals surface area contributed by atoms with E-state index in [1.165, 1.54) is 5.30 Å². The molecule has 0 atom stereocenters. The van der Waals surface area contributed by atoms with Crippen molar-refractivity contribution in [1.29, 1.82) is 0 Å². The number of hydrogen-bond donors (Lipinski definition) is 3. The van der Waals surface area contributed by atoms with Gasteiger partial charge in [-0.25, -0.2) is 4.98 Å². The zero-order valence-electron chi connectivity index (χ0n) is 29.0. The Balaban J connectivity index is 0.00000432. The third-order valence-electron chi connectivity index (χ3n) is 9.32. The first-order valence-corrected chi connectivity index (χ1v) is 20.0. The third-order valence-corrected chi connectivity index (χ3v) is 11.3. The summed E-state index contributed by atoms with van der Waals surface area (Å²) in [6, 6.07) is 13.3. The maximum absolute atomic E-state index is 6.27. The Morgan fingerprint density at radius 1 is 0.980 bits per heavy atom. The van der Waals surface area contributed by atoms with Crippen LogP contribution < -0.4 is 30.9 Å². The SMILES string of the molecule is CCOc1cc(N2CCC(N3CCNCC3)CC2)c(-c2cnn(C)c2)cc1Nc1ncc(Br)c(Nc2cnc3ccccc3c2P(C)C)n1.Cl. The summed E-state index contributed by atoms with van der Waals surface area (Å²) in [5.74, 6) is 1.88. The highest BCUT2D eigenvalue weighted by molar-refractivity contribution is 9.10. The summed E-state index contributed by atoms with van der Waals surface area (Å²) in [6.45, 7) is 13.5. The molecule has 0 saturated carbocycles. The predicted molar refractivity (Wildman–Crippen MR) is 213 cm³/mol. The number of rotatable bonds is 10. The average Bonchev–Trinajstić information content (AvgIpc) is 3.56. The number of ether oxygens (including phenoxy) is 1. The number of halogens is 2. The molecule has 2 fully saturated rings. The molecule has 2 aliphatic heterocycles. The van der Waals surface area contributed by atoms with Crippen molar-refractivity contribution in [2.24, 2.45) is 7.05 Å². The zero-order chi connectivity index (χ0) is 33.9. The lowest BCUT2D eigenvalue weighted by Crippen LogP contribution is -2.52. The van der Waals surface area contributed by atoms with Gasteiger partial charge in [0.15, 0.2) is 0 Å². The molecule has 0 radical (unpaired) electrons. The first-order valence-electron chi connectivity index (χ1n) is 17.0. The molecule has 14 heteroatoms. The van der Waals surface area contributed by atoms with Crippen LogP contribution in [-0.2, 0) is 7.05 Å². The Labute approximate surface area is 309 Å². The van der Waals surface area contributed by atoms with Crippen molar-refractivity contribution in [3.05, 3.63) is 65.7 Å². The van der Waals surface area contributed by atoms with Crippen molar-refractivity contribution in [3.63, 3.8) is 0 Å². The van der Waals surface area contributed by atoms with Gasteiger partial charge in [0, 0.05) is 98.3 Å². The van der Waals surface area contributed by atoms with Crippen LogP contribution in [-0.4, -0.2) is 94.9 Å². The third kappa shape index (κ3) is 7.85. The molecule has 11 nitrogen and oxygen atoms in total. The summed E-state index contributed by atoms with van der Waals surface area (Å²) >= 11 is 3.68. The number of piperidine rings is 1. The fourth-order valence-corrected chi connectivity index (χ4v) is 8.53. The van der Waals surface area contributed by atoms with Crippen LogP contribution >= 0.6 is 36.3 Å². The lowest BCUT2D eigenvalue weighted by molar-refractivity contribution is 0.150. The average molecular weight is 780 g/mol. The maximum atomic E-state index is 6.27. The van der Waals surface area contributed by atoms with Crippen LogP contribution in [0.25, 0.3) is 22.0 Å². The molecule has 0 bridgehead atoms. The van der Waals surface area contributed by atoms with Crippen molar-refractivity contribution < 1.29 is 4.74 Å². The summed E-state index contributed by atoms with van der Waals surface area (Å²) in [7, 11) is 1.53. The van der Waals surface area contributed by atoms with E-state index in [-0.39, 0.29) is 12.4 Å². The van der Waals surface area contributed by atoms with Crippen molar-refractivity contribution in [2.45, 2.75) is 25.8 Å². The van der Waals surface area contributed by atoms with Crippen LogP contribution in [0.2, 0.25) is 0 Å². The fourth-order valence-electron chi connectivity index (χ4n) is 6.98. The number of hydrogen-bond acceptors (Lipinski definition) is 10. The summed E-state index contributed by atoms with van der Waals surface area (Å²) in [5, 5.41) is 17.5. The van der Waals surface area contributed by atoms with Crippen LogP contribution in [0, 0.1) is 0 Å². The van der Waals surface area contributed by atoms with E-state index in [4.69, 9.17) is 14.7 Å². The Kier molecular flexibility index (Phi) is 11.8. The molecule has 50 heavy (non-hydrogen) atoms. The molecule has 0 unspecified atom stereocenters. The fraction of sp³-hybridized carbons (Fsp3) is 0.389. The normalized spacial score (nSPS) is 15.7. The second-order valence-electron chi connectivity index (χ2n) is 12.8. The summed E-state index contributed by atoms with van der Waals surface area (Å²) in [6.07, 6.45) is 9.96. The highest BCUT2D eigenvalue weighted by Gasteiger charge is 2.28. The van der Waals surface area contributed by atoms with Crippen LogP contribution in [0.1, 0.15) is 19.8 Å². The number of fused-ring (bicyclic) bond motifs is 1. The van der Waals surface area contributed by atoms with E-state index in [0.717, 1.165) is 101 Å². The molecule has 5 aromatic rings. The number of benzene rings is 2. The second kappa shape index (κ2) is 16.2. The highest BCUT2D eigenvalue weighted by Crippen LogP contribution is 2.42.